The third-order valence-corrected chi connectivity index (χ3v) is 2.57. The topological polar surface area (TPSA) is 50.2 Å². The number of aliphatic carboxylic acids is 1. The van der Waals surface area contributed by atoms with E-state index in [0.717, 1.165) is 0 Å². The molecule has 0 fully saturated rings. The molecule has 88 valence electrons. The van der Waals surface area contributed by atoms with Crippen LogP contribution in [-0.4, -0.2) is 21.8 Å². The lowest BCUT2D eigenvalue weighted by molar-refractivity contribution is -0.136. The lowest BCUT2D eigenvalue weighted by Crippen LogP contribution is -2.03. The Balaban J connectivity index is 2.90. The van der Waals surface area contributed by atoms with Crippen molar-refractivity contribution in [3.8, 4) is 0 Å². The number of halogens is 4. The number of carboxylic acid groups (broad SMARTS) is 1. The van der Waals surface area contributed by atoms with Crippen LogP contribution in [0.1, 0.15) is 6.42 Å². The largest absolute Gasteiger partial charge is 0.481 e. The molecule has 0 aliphatic carbocycles. The fourth-order valence-corrected chi connectivity index (χ4v) is 1.74. The fraction of sp³-hybridized carbons (Fsp3) is 0.250. The van der Waals surface area contributed by atoms with Gasteiger partial charge in [0, 0.05) is 5.75 Å². The number of nitrogens with zero attached hydrogens (tertiary/aromatic N) is 1. The van der Waals surface area contributed by atoms with Crippen molar-refractivity contribution in [1.82, 2.24) is 4.98 Å². The lowest BCUT2D eigenvalue weighted by Gasteiger charge is -2.04. The smallest absolute Gasteiger partial charge is 0.304 e. The molecule has 0 radical (unpaired) electrons. The summed E-state index contributed by atoms with van der Waals surface area (Å²) in [6, 6.07) is 0. The summed E-state index contributed by atoms with van der Waals surface area (Å²) in [5, 5.41) is 8.28. The summed E-state index contributed by atoms with van der Waals surface area (Å²) in [5.74, 6) is -8.12. The van der Waals surface area contributed by atoms with Crippen LogP contribution in [0.4, 0.5) is 17.6 Å². The molecule has 1 rings (SSSR count). The fourth-order valence-electron chi connectivity index (χ4n) is 0.835. The summed E-state index contributed by atoms with van der Waals surface area (Å²) in [4.78, 5) is 11.6. The molecule has 1 aromatic heterocycles. The second-order valence-corrected chi connectivity index (χ2v) is 3.75. The maximum atomic E-state index is 13.0. The van der Waals surface area contributed by atoms with Crippen molar-refractivity contribution >= 4 is 17.7 Å². The maximum Gasteiger partial charge on any atom is 0.304 e. The van der Waals surface area contributed by atoms with Crippen LogP contribution in [0.3, 0.4) is 0 Å². The molecule has 0 atom stereocenters. The van der Waals surface area contributed by atoms with Crippen molar-refractivity contribution in [2.45, 2.75) is 11.3 Å². The minimum absolute atomic E-state index is 0.202. The lowest BCUT2D eigenvalue weighted by atomic mass is 10.4. The van der Waals surface area contributed by atoms with Crippen LogP contribution in [0.15, 0.2) is 4.90 Å². The van der Waals surface area contributed by atoms with Crippen LogP contribution < -0.4 is 0 Å². The number of carbonyl (C=O) groups is 1. The van der Waals surface area contributed by atoms with E-state index in [0.29, 0.717) is 11.8 Å². The van der Waals surface area contributed by atoms with Crippen LogP contribution in [-0.2, 0) is 4.79 Å². The summed E-state index contributed by atoms with van der Waals surface area (Å²) in [6.45, 7) is 0. The van der Waals surface area contributed by atoms with E-state index in [-0.39, 0.29) is 12.2 Å². The monoisotopic (exact) mass is 255 g/mol. The van der Waals surface area contributed by atoms with Gasteiger partial charge in [0.2, 0.25) is 0 Å². The van der Waals surface area contributed by atoms with Crippen molar-refractivity contribution in [2.75, 3.05) is 5.75 Å². The highest BCUT2D eigenvalue weighted by molar-refractivity contribution is 7.99. The molecule has 0 aromatic carbocycles. The van der Waals surface area contributed by atoms with Crippen molar-refractivity contribution < 1.29 is 27.5 Å². The zero-order chi connectivity index (χ0) is 12.3. The van der Waals surface area contributed by atoms with E-state index in [2.05, 4.69) is 4.98 Å². The molecule has 0 aliphatic rings. The molecule has 1 heterocycles. The van der Waals surface area contributed by atoms with Gasteiger partial charge in [0.05, 0.1) is 11.3 Å². The quantitative estimate of drug-likeness (QED) is 0.509. The first-order chi connectivity index (χ1) is 7.43. The van der Waals surface area contributed by atoms with Crippen molar-refractivity contribution in [1.29, 1.82) is 0 Å². The van der Waals surface area contributed by atoms with Gasteiger partial charge in [0.1, 0.15) is 0 Å². The van der Waals surface area contributed by atoms with E-state index < -0.39 is 34.4 Å². The van der Waals surface area contributed by atoms with Gasteiger partial charge in [-0.2, -0.15) is 13.8 Å². The van der Waals surface area contributed by atoms with E-state index in [9.17, 15) is 22.4 Å². The standard InChI is InChI=1S/C8H5F4NO2S/c9-4-6(16-2-1-3(14)15)5(10)8(12)13-7(4)11/h1-2H2,(H,14,15). The Morgan fingerprint density at radius 2 is 1.69 bits per heavy atom. The Hall–Kier alpha value is -1.31. The third-order valence-electron chi connectivity index (χ3n) is 1.52. The van der Waals surface area contributed by atoms with Crippen LogP contribution in [0, 0.1) is 23.5 Å². The number of pyridine rings is 1. The van der Waals surface area contributed by atoms with Gasteiger partial charge < -0.3 is 5.11 Å². The van der Waals surface area contributed by atoms with E-state index >= 15 is 0 Å². The van der Waals surface area contributed by atoms with Crippen molar-refractivity contribution in [3.63, 3.8) is 0 Å². The van der Waals surface area contributed by atoms with E-state index in [4.69, 9.17) is 5.11 Å². The van der Waals surface area contributed by atoms with E-state index in [1.54, 1.807) is 0 Å². The molecule has 0 bridgehead atoms. The minimum Gasteiger partial charge on any atom is -0.481 e. The summed E-state index contributed by atoms with van der Waals surface area (Å²) < 4.78 is 51.1. The van der Waals surface area contributed by atoms with Crippen LogP contribution in [0.2, 0.25) is 0 Å². The van der Waals surface area contributed by atoms with Crippen molar-refractivity contribution in [3.05, 3.63) is 23.5 Å². The van der Waals surface area contributed by atoms with Crippen molar-refractivity contribution in [2.24, 2.45) is 0 Å². The Kier molecular flexibility index (Phi) is 4.11. The molecule has 0 saturated carbocycles. The third kappa shape index (κ3) is 2.84. The van der Waals surface area contributed by atoms with Gasteiger partial charge >= 0.3 is 5.97 Å². The highest BCUT2D eigenvalue weighted by atomic mass is 32.2. The molecule has 0 unspecified atom stereocenters. The normalized spacial score (nSPS) is 10.5. The highest BCUT2D eigenvalue weighted by Gasteiger charge is 2.20. The minimum atomic E-state index is -1.75. The molecule has 0 amide bonds. The van der Waals surface area contributed by atoms with Gasteiger partial charge in [0.15, 0.2) is 11.6 Å². The van der Waals surface area contributed by atoms with E-state index in [1.165, 1.54) is 0 Å². The second kappa shape index (κ2) is 5.15. The Morgan fingerprint density at radius 1 is 1.19 bits per heavy atom. The number of hydrogen-bond donors (Lipinski definition) is 1. The SMILES string of the molecule is O=C(O)CCSc1c(F)c(F)nc(F)c1F. The average molecular weight is 255 g/mol. The van der Waals surface area contributed by atoms with Gasteiger partial charge in [0.25, 0.3) is 11.9 Å². The number of thioether (sulfide) groups is 1. The molecule has 0 aliphatic heterocycles. The Bertz CT molecular complexity index is 401. The number of hydrogen-bond acceptors (Lipinski definition) is 3. The first kappa shape index (κ1) is 12.8. The summed E-state index contributed by atoms with van der Waals surface area (Å²) in [6.07, 6.45) is -0.380. The van der Waals surface area contributed by atoms with Gasteiger partial charge in [-0.3, -0.25) is 4.79 Å². The van der Waals surface area contributed by atoms with Crippen LogP contribution in [0.5, 0.6) is 0 Å². The van der Waals surface area contributed by atoms with Gasteiger partial charge in [-0.15, -0.1) is 11.8 Å². The average Bonchev–Trinajstić information content (AvgIpc) is 2.20. The molecule has 1 aromatic rings. The molecule has 3 nitrogen and oxygen atoms in total. The van der Waals surface area contributed by atoms with Gasteiger partial charge in [-0.25, -0.2) is 8.78 Å². The summed E-state index contributed by atoms with van der Waals surface area (Å²) in [7, 11) is 0. The maximum absolute atomic E-state index is 13.0. The molecule has 0 saturated heterocycles. The zero-order valence-electron chi connectivity index (χ0n) is 7.64. The summed E-state index contributed by atoms with van der Waals surface area (Å²) in [5.41, 5.74) is 0. The molecule has 16 heavy (non-hydrogen) atoms. The predicted molar refractivity (Wildman–Crippen MR) is 47.0 cm³/mol. The molecule has 0 spiro atoms. The predicted octanol–water partition coefficient (Wildman–Crippen LogP) is 2.20. The Morgan fingerprint density at radius 3 is 2.12 bits per heavy atom. The second-order valence-electron chi connectivity index (χ2n) is 2.64. The molecule has 8 heteroatoms. The molecular weight excluding hydrogens is 250 g/mol. The highest BCUT2D eigenvalue weighted by Crippen LogP contribution is 2.27. The first-order valence-corrected chi connectivity index (χ1v) is 4.96. The molecular formula is C8H5F4NO2S. The zero-order valence-corrected chi connectivity index (χ0v) is 8.45. The van der Waals surface area contributed by atoms with Gasteiger partial charge in [-0.05, 0) is 0 Å². The number of rotatable bonds is 4. The number of carboxylic acids is 1. The Labute approximate surface area is 91.5 Å². The van der Waals surface area contributed by atoms with Gasteiger partial charge in [-0.1, -0.05) is 0 Å². The van der Waals surface area contributed by atoms with Crippen LogP contribution >= 0.6 is 11.8 Å². The molecule has 1 N–H and O–H groups in total. The first-order valence-electron chi connectivity index (χ1n) is 3.98. The van der Waals surface area contributed by atoms with E-state index in [1.807, 2.05) is 0 Å². The number of aromatic nitrogens is 1. The van der Waals surface area contributed by atoms with Crippen LogP contribution in [0.25, 0.3) is 0 Å². The summed E-state index contributed by atoms with van der Waals surface area (Å²) >= 11 is 0.379.